The van der Waals surface area contributed by atoms with Crippen molar-refractivity contribution in [2.24, 2.45) is 5.92 Å². The molecule has 0 radical (unpaired) electrons. The highest BCUT2D eigenvalue weighted by molar-refractivity contribution is 5.77. The molecule has 0 heterocycles. The first-order chi connectivity index (χ1) is 6.20. The second-order valence-electron chi connectivity index (χ2n) is 4.05. The summed E-state index contributed by atoms with van der Waals surface area (Å²) in [5.74, 6) is 1.09. The summed E-state index contributed by atoms with van der Waals surface area (Å²) in [5.41, 5.74) is 0. The summed E-state index contributed by atoms with van der Waals surface area (Å²) in [6.45, 7) is 1.48. The average Bonchev–Trinajstić information content (AvgIpc) is 2.00. The van der Waals surface area contributed by atoms with Gasteiger partial charge in [0.05, 0.1) is 6.54 Å². The van der Waals surface area contributed by atoms with Crippen LogP contribution in [0.4, 0.5) is 0 Å². The number of hydrogen-bond acceptors (Lipinski definition) is 2. The Balaban J connectivity index is 1.91. The molecule has 0 atom stereocenters. The van der Waals surface area contributed by atoms with Gasteiger partial charge in [-0.2, -0.15) is 0 Å². The molecule has 1 N–H and O–H groups in total. The Kier molecular flexibility index (Phi) is 4.22. The van der Waals surface area contributed by atoms with Gasteiger partial charge < -0.3 is 10.2 Å². The maximum Gasteiger partial charge on any atom is 0.236 e. The molecule has 1 saturated carbocycles. The fourth-order valence-electron chi connectivity index (χ4n) is 1.44. The highest BCUT2D eigenvalue weighted by atomic mass is 16.2. The Morgan fingerprint density at radius 1 is 1.46 bits per heavy atom. The number of nitrogens with zero attached hydrogens (tertiary/aromatic N) is 1. The predicted octanol–water partition coefficient (Wildman–Crippen LogP) is 0.854. The maximum atomic E-state index is 11.1. The van der Waals surface area contributed by atoms with Crippen molar-refractivity contribution in [3.8, 4) is 0 Å². The fourth-order valence-corrected chi connectivity index (χ4v) is 1.44. The van der Waals surface area contributed by atoms with Crippen LogP contribution in [-0.2, 0) is 4.79 Å². The monoisotopic (exact) mass is 184 g/mol. The van der Waals surface area contributed by atoms with Crippen LogP contribution >= 0.6 is 0 Å². The Morgan fingerprint density at radius 2 is 2.15 bits per heavy atom. The van der Waals surface area contributed by atoms with Crippen LogP contribution < -0.4 is 5.32 Å². The van der Waals surface area contributed by atoms with Crippen LogP contribution in [0.1, 0.15) is 25.7 Å². The Labute approximate surface area is 80.5 Å². The summed E-state index contributed by atoms with van der Waals surface area (Å²) < 4.78 is 0. The van der Waals surface area contributed by atoms with Crippen LogP contribution in [-0.4, -0.2) is 38.0 Å². The molecule has 76 valence electrons. The molecule has 0 bridgehead atoms. The molecule has 0 aromatic carbocycles. The number of hydrogen-bond donors (Lipinski definition) is 1. The van der Waals surface area contributed by atoms with Crippen molar-refractivity contribution < 1.29 is 4.79 Å². The van der Waals surface area contributed by atoms with E-state index in [1.165, 1.54) is 25.7 Å². The van der Waals surface area contributed by atoms with Crippen LogP contribution in [0.5, 0.6) is 0 Å². The second-order valence-corrected chi connectivity index (χ2v) is 4.05. The number of rotatable bonds is 5. The van der Waals surface area contributed by atoms with Gasteiger partial charge in [-0.15, -0.1) is 0 Å². The molecule has 0 spiro atoms. The molecule has 1 amide bonds. The highest BCUT2D eigenvalue weighted by Crippen LogP contribution is 2.28. The molecule has 0 aliphatic heterocycles. The van der Waals surface area contributed by atoms with E-state index in [-0.39, 0.29) is 5.91 Å². The smallest absolute Gasteiger partial charge is 0.236 e. The van der Waals surface area contributed by atoms with Crippen molar-refractivity contribution in [1.82, 2.24) is 10.2 Å². The van der Waals surface area contributed by atoms with Crippen LogP contribution in [0.3, 0.4) is 0 Å². The normalized spacial score (nSPS) is 16.8. The number of carbonyl (C=O) groups excluding carboxylic acids is 1. The summed E-state index contributed by atoms with van der Waals surface area (Å²) in [5, 5.41) is 3.17. The lowest BCUT2D eigenvalue weighted by Gasteiger charge is -2.25. The van der Waals surface area contributed by atoms with E-state index in [0.717, 1.165) is 12.5 Å². The summed E-state index contributed by atoms with van der Waals surface area (Å²) >= 11 is 0. The minimum Gasteiger partial charge on any atom is -0.348 e. The van der Waals surface area contributed by atoms with E-state index in [1.54, 1.807) is 19.0 Å². The third-order valence-electron chi connectivity index (χ3n) is 2.73. The lowest BCUT2D eigenvalue weighted by Crippen LogP contribution is -2.34. The van der Waals surface area contributed by atoms with E-state index in [9.17, 15) is 4.79 Å². The predicted molar refractivity (Wildman–Crippen MR) is 53.5 cm³/mol. The van der Waals surface area contributed by atoms with Crippen LogP contribution in [0.15, 0.2) is 0 Å². The first-order valence-corrected chi connectivity index (χ1v) is 5.11. The van der Waals surface area contributed by atoms with Crippen molar-refractivity contribution >= 4 is 5.91 Å². The second kappa shape index (κ2) is 5.22. The number of carbonyl (C=O) groups is 1. The molecule has 0 saturated heterocycles. The summed E-state index contributed by atoms with van der Waals surface area (Å²) in [6, 6.07) is 0. The maximum absolute atomic E-state index is 11.1. The van der Waals surface area contributed by atoms with E-state index in [4.69, 9.17) is 0 Å². The average molecular weight is 184 g/mol. The Bertz CT molecular complexity index is 164. The van der Waals surface area contributed by atoms with Crippen molar-refractivity contribution in [2.45, 2.75) is 25.7 Å². The standard InChI is InChI=1S/C10H20N2O/c1-12(2)10(13)8-11-7-6-9-4-3-5-9/h9,11H,3-8H2,1-2H3. The zero-order valence-corrected chi connectivity index (χ0v) is 8.68. The van der Waals surface area contributed by atoms with Gasteiger partial charge in [-0.1, -0.05) is 19.3 Å². The quantitative estimate of drug-likeness (QED) is 0.643. The molecule has 1 fully saturated rings. The molecular formula is C10H20N2O. The Morgan fingerprint density at radius 3 is 2.62 bits per heavy atom. The van der Waals surface area contributed by atoms with E-state index in [2.05, 4.69) is 5.32 Å². The van der Waals surface area contributed by atoms with Gasteiger partial charge in [0.1, 0.15) is 0 Å². The zero-order chi connectivity index (χ0) is 9.68. The minimum absolute atomic E-state index is 0.161. The molecule has 1 aliphatic carbocycles. The van der Waals surface area contributed by atoms with Crippen LogP contribution in [0.2, 0.25) is 0 Å². The molecule has 0 aromatic heterocycles. The molecular weight excluding hydrogens is 164 g/mol. The van der Waals surface area contributed by atoms with Gasteiger partial charge in [0.15, 0.2) is 0 Å². The van der Waals surface area contributed by atoms with E-state index >= 15 is 0 Å². The van der Waals surface area contributed by atoms with Gasteiger partial charge in [-0.05, 0) is 18.9 Å². The number of amides is 1. The summed E-state index contributed by atoms with van der Waals surface area (Å²) in [4.78, 5) is 12.8. The van der Waals surface area contributed by atoms with Gasteiger partial charge in [0.2, 0.25) is 5.91 Å². The van der Waals surface area contributed by atoms with Gasteiger partial charge >= 0.3 is 0 Å². The lowest BCUT2D eigenvalue weighted by molar-refractivity contribution is -0.127. The number of likely N-dealkylation sites (N-methyl/N-ethyl adjacent to an activating group) is 1. The zero-order valence-electron chi connectivity index (χ0n) is 8.68. The third-order valence-corrected chi connectivity index (χ3v) is 2.73. The largest absolute Gasteiger partial charge is 0.348 e. The van der Waals surface area contributed by atoms with Crippen LogP contribution in [0.25, 0.3) is 0 Å². The van der Waals surface area contributed by atoms with Crippen molar-refractivity contribution in [2.75, 3.05) is 27.2 Å². The topological polar surface area (TPSA) is 32.3 Å². The van der Waals surface area contributed by atoms with Gasteiger partial charge in [-0.3, -0.25) is 4.79 Å². The molecule has 1 rings (SSSR count). The van der Waals surface area contributed by atoms with Gasteiger partial charge in [0.25, 0.3) is 0 Å². The fraction of sp³-hybridized carbons (Fsp3) is 0.900. The lowest BCUT2D eigenvalue weighted by atomic mass is 9.83. The molecule has 13 heavy (non-hydrogen) atoms. The number of nitrogens with one attached hydrogen (secondary N) is 1. The molecule has 1 aliphatic rings. The van der Waals surface area contributed by atoms with Gasteiger partial charge in [0, 0.05) is 14.1 Å². The molecule has 3 heteroatoms. The molecule has 0 aromatic rings. The van der Waals surface area contributed by atoms with Gasteiger partial charge in [-0.25, -0.2) is 0 Å². The third kappa shape index (κ3) is 3.77. The first-order valence-electron chi connectivity index (χ1n) is 5.11. The van der Waals surface area contributed by atoms with E-state index in [0.29, 0.717) is 6.54 Å². The first kappa shape index (κ1) is 10.5. The minimum atomic E-state index is 0.161. The van der Waals surface area contributed by atoms with E-state index < -0.39 is 0 Å². The summed E-state index contributed by atoms with van der Waals surface area (Å²) in [7, 11) is 3.58. The summed E-state index contributed by atoms with van der Waals surface area (Å²) in [6.07, 6.45) is 5.43. The van der Waals surface area contributed by atoms with E-state index in [1.807, 2.05) is 0 Å². The highest BCUT2D eigenvalue weighted by Gasteiger charge is 2.16. The van der Waals surface area contributed by atoms with Crippen LogP contribution in [0, 0.1) is 5.92 Å². The SMILES string of the molecule is CN(C)C(=O)CNCCC1CCC1. The molecule has 3 nitrogen and oxygen atoms in total. The van der Waals surface area contributed by atoms with Crippen molar-refractivity contribution in [1.29, 1.82) is 0 Å². The molecule has 0 unspecified atom stereocenters. The van der Waals surface area contributed by atoms with Crippen molar-refractivity contribution in [3.63, 3.8) is 0 Å². The Hall–Kier alpha value is -0.570. The van der Waals surface area contributed by atoms with Crippen molar-refractivity contribution in [3.05, 3.63) is 0 Å².